The molecular formula is C12H24O. The zero-order chi connectivity index (χ0) is 10.3. The van der Waals surface area contributed by atoms with Gasteiger partial charge in [0.1, 0.15) is 0 Å². The number of rotatable bonds is 2. The van der Waals surface area contributed by atoms with Crippen molar-refractivity contribution in [1.29, 1.82) is 0 Å². The Morgan fingerprint density at radius 3 is 1.92 bits per heavy atom. The molecule has 0 N–H and O–H groups in total. The van der Waals surface area contributed by atoms with Gasteiger partial charge in [0.2, 0.25) is 0 Å². The quantitative estimate of drug-likeness (QED) is 0.638. The van der Waals surface area contributed by atoms with Crippen molar-refractivity contribution in [2.24, 2.45) is 17.3 Å². The lowest BCUT2D eigenvalue weighted by atomic mass is 9.89. The van der Waals surface area contributed by atoms with Crippen LogP contribution in [0.1, 0.15) is 48.0 Å². The predicted octanol–water partition coefficient (Wildman–Crippen LogP) is 3.48. The molecule has 1 saturated carbocycles. The maximum absolute atomic E-state index is 5.78. The second-order valence-corrected chi connectivity index (χ2v) is 6.39. The van der Waals surface area contributed by atoms with Gasteiger partial charge in [-0.25, -0.2) is 0 Å². The van der Waals surface area contributed by atoms with Gasteiger partial charge in [-0.1, -0.05) is 20.8 Å². The van der Waals surface area contributed by atoms with Crippen molar-refractivity contribution in [2.75, 3.05) is 6.61 Å². The molecule has 0 aliphatic heterocycles. The van der Waals surface area contributed by atoms with E-state index in [1.54, 1.807) is 0 Å². The van der Waals surface area contributed by atoms with E-state index in [-0.39, 0.29) is 5.60 Å². The molecule has 1 aliphatic rings. The van der Waals surface area contributed by atoms with Crippen molar-refractivity contribution in [2.45, 2.75) is 53.6 Å². The minimum Gasteiger partial charge on any atom is -0.376 e. The molecule has 2 atom stereocenters. The second kappa shape index (κ2) is 3.27. The summed E-state index contributed by atoms with van der Waals surface area (Å²) in [5.41, 5.74) is 0.511. The molecule has 0 radical (unpaired) electrons. The smallest absolute Gasteiger partial charge is 0.0598 e. The van der Waals surface area contributed by atoms with Crippen LogP contribution in [0, 0.1) is 17.3 Å². The molecule has 1 nitrogen and oxygen atoms in total. The van der Waals surface area contributed by atoms with Crippen LogP contribution < -0.4 is 0 Å². The maximum atomic E-state index is 5.78. The monoisotopic (exact) mass is 184 g/mol. The van der Waals surface area contributed by atoms with E-state index in [2.05, 4.69) is 41.5 Å². The average Bonchev–Trinajstić information content (AvgIpc) is 2.57. The molecule has 0 aromatic rings. The minimum absolute atomic E-state index is 0.0328. The molecule has 1 aliphatic carbocycles. The van der Waals surface area contributed by atoms with Crippen LogP contribution in [0.3, 0.4) is 0 Å². The molecule has 13 heavy (non-hydrogen) atoms. The van der Waals surface area contributed by atoms with Crippen LogP contribution >= 0.6 is 0 Å². The Morgan fingerprint density at radius 1 is 1.08 bits per heavy atom. The highest BCUT2D eigenvalue weighted by Crippen LogP contribution is 2.50. The van der Waals surface area contributed by atoms with Crippen LogP contribution in [0.25, 0.3) is 0 Å². The minimum atomic E-state index is 0.0328. The van der Waals surface area contributed by atoms with Gasteiger partial charge < -0.3 is 4.74 Å². The van der Waals surface area contributed by atoms with Crippen LogP contribution in [-0.4, -0.2) is 12.2 Å². The Balaban J connectivity index is 2.22. The molecule has 78 valence electrons. The van der Waals surface area contributed by atoms with E-state index in [0.29, 0.717) is 5.41 Å². The summed E-state index contributed by atoms with van der Waals surface area (Å²) in [6, 6.07) is 0. The Morgan fingerprint density at radius 2 is 1.62 bits per heavy atom. The molecule has 0 bridgehead atoms. The van der Waals surface area contributed by atoms with Crippen LogP contribution in [0.2, 0.25) is 0 Å². The third-order valence-corrected chi connectivity index (χ3v) is 2.77. The van der Waals surface area contributed by atoms with Gasteiger partial charge in [0, 0.05) is 0 Å². The van der Waals surface area contributed by atoms with Gasteiger partial charge >= 0.3 is 0 Å². The standard InChI is InChI=1S/C12H24O/c1-11(2,3)10-7-9(10)8-13-12(4,5)6/h9-10H,7-8H2,1-6H3. The van der Waals surface area contributed by atoms with Crippen molar-refractivity contribution in [3.05, 3.63) is 0 Å². The van der Waals surface area contributed by atoms with E-state index in [1.807, 2.05) is 0 Å². The van der Waals surface area contributed by atoms with Crippen LogP contribution in [0.5, 0.6) is 0 Å². The number of hydrogen-bond donors (Lipinski definition) is 0. The highest BCUT2D eigenvalue weighted by molar-refractivity contribution is 4.94. The highest BCUT2D eigenvalue weighted by Gasteiger charge is 2.45. The average molecular weight is 184 g/mol. The lowest BCUT2D eigenvalue weighted by molar-refractivity contribution is -0.0127. The summed E-state index contributed by atoms with van der Waals surface area (Å²) in [7, 11) is 0. The topological polar surface area (TPSA) is 9.23 Å². The van der Waals surface area contributed by atoms with Crippen LogP contribution in [0.4, 0.5) is 0 Å². The normalized spacial score (nSPS) is 29.1. The van der Waals surface area contributed by atoms with E-state index in [4.69, 9.17) is 4.74 Å². The summed E-state index contributed by atoms with van der Waals surface area (Å²) in [6.45, 7) is 14.3. The molecule has 0 saturated heterocycles. The van der Waals surface area contributed by atoms with E-state index < -0.39 is 0 Å². The van der Waals surface area contributed by atoms with Gasteiger partial charge in [-0.05, 0) is 44.4 Å². The zero-order valence-electron chi connectivity index (χ0n) is 9.98. The van der Waals surface area contributed by atoms with Gasteiger partial charge in [0.05, 0.1) is 12.2 Å². The molecule has 1 fully saturated rings. The lowest BCUT2D eigenvalue weighted by Crippen LogP contribution is -2.21. The summed E-state index contributed by atoms with van der Waals surface area (Å²) in [5, 5.41) is 0. The van der Waals surface area contributed by atoms with Crippen LogP contribution in [-0.2, 0) is 4.74 Å². The summed E-state index contributed by atoms with van der Waals surface area (Å²) < 4.78 is 5.78. The van der Waals surface area contributed by atoms with Gasteiger partial charge in [0.15, 0.2) is 0 Å². The Hall–Kier alpha value is -0.0400. The van der Waals surface area contributed by atoms with E-state index >= 15 is 0 Å². The molecule has 0 aromatic heterocycles. The molecule has 0 spiro atoms. The van der Waals surface area contributed by atoms with Crippen molar-refractivity contribution in [1.82, 2.24) is 0 Å². The Kier molecular flexibility index (Phi) is 2.78. The fraction of sp³-hybridized carbons (Fsp3) is 1.00. The van der Waals surface area contributed by atoms with Gasteiger partial charge in [-0.15, -0.1) is 0 Å². The SMILES string of the molecule is CC(C)(C)OCC1CC1C(C)(C)C. The van der Waals surface area contributed by atoms with E-state index in [9.17, 15) is 0 Å². The first-order chi connectivity index (χ1) is 5.70. The molecule has 1 rings (SSSR count). The molecule has 0 aromatic carbocycles. The van der Waals surface area contributed by atoms with E-state index in [0.717, 1.165) is 18.4 Å². The van der Waals surface area contributed by atoms with Crippen molar-refractivity contribution >= 4 is 0 Å². The number of hydrogen-bond acceptors (Lipinski definition) is 1. The molecule has 0 heterocycles. The highest BCUT2D eigenvalue weighted by atomic mass is 16.5. The first-order valence-electron chi connectivity index (χ1n) is 5.34. The van der Waals surface area contributed by atoms with Gasteiger partial charge in [0.25, 0.3) is 0 Å². The summed E-state index contributed by atoms with van der Waals surface area (Å²) in [6.07, 6.45) is 1.36. The third-order valence-electron chi connectivity index (χ3n) is 2.77. The Labute approximate surface area is 82.9 Å². The Bertz CT molecular complexity index is 171. The molecular weight excluding hydrogens is 160 g/mol. The van der Waals surface area contributed by atoms with Crippen molar-refractivity contribution < 1.29 is 4.74 Å². The fourth-order valence-corrected chi connectivity index (χ4v) is 1.85. The molecule has 2 unspecified atom stereocenters. The zero-order valence-corrected chi connectivity index (χ0v) is 9.98. The maximum Gasteiger partial charge on any atom is 0.0598 e. The third kappa shape index (κ3) is 3.68. The number of ether oxygens (including phenoxy) is 1. The van der Waals surface area contributed by atoms with Crippen molar-refractivity contribution in [3.63, 3.8) is 0 Å². The van der Waals surface area contributed by atoms with Gasteiger partial charge in [-0.2, -0.15) is 0 Å². The second-order valence-electron chi connectivity index (χ2n) is 6.39. The molecule has 1 heteroatoms. The van der Waals surface area contributed by atoms with Crippen molar-refractivity contribution in [3.8, 4) is 0 Å². The summed E-state index contributed by atoms with van der Waals surface area (Å²) in [5.74, 6) is 1.70. The molecule has 0 amide bonds. The van der Waals surface area contributed by atoms with Gasteiger partial charge in [-0.3, -0.25) is 0 Å². The first-order valence-corrected chi connectivity index (χ1v) is 5.34. The largest absolute Gasteiger partial charge is 0.376 e. The first kappa shape index (κ1) is 11.0. The van der Waals surface area contributed by atoms with Crippen LogP contribution in [0.15, 0.2) is 0 Å². The fourth-order valence-electron chi connectivity index (χ4n) is 1.85. The predicted molar refractivity (Wildman–Crippen MR) is 56.8 cm³/mol. The summed E-state index contributed by atoms with van der Waals surface area (Å²) >= 11 is 0. The van der Waals surface area contributed by atoms with E-state index in [1.165, 1.54) is 6.42 Å². The summed E-state index contributed by atoms with van der Waals surface area (Å²) in [4.78, 5) is 0. The lowest BCUT2D eigenvalue weighted by Gasteiger charge is -2.22.